The van der Waals surface area contributed by atoms with E-state index in [4.69, 9.17) is 0 Å². The molecule has 1 aromatic rings. The molecule has 0 unspecified atom stereocenters. The summed E-state index contributed by atoms with van der Waals surface area (Å²) in [5.74, 6) is -0.155. The summed E-state index contributed by atoms with van der Waals surface area (Å²) in [6.45, 7) is 6.30. The number of β-amino-alcohol motifs (C(OH)–C–C–N with tert-alkyl or cyclic N) is 1. The summed E-state index contributed by atoms with van der Waals surface area (Å²) in [5.41, 5.74) is 2.82. The molecule has 0 fully saturated rings. The number of hydrogen-bond donors (Lipinski definition) is 1. The van der Waals surface area contributed by atoms with Crippen LogP contribution < -0.4 is 0 Å². The molecule has 1 N–H and O–H groups in total. The highest BCUT2D eigenvalue weighted by Crippen LogP contribution is 2.15. The van der Waals surface area contributed by atoms with Crippen molar-refractivity contribution < 1.29 is 9.90 Å². The summed E-state index contributed by atoms with van der Waals surface area (Å²) >= 11 is 0. The zero-order chi connectivity index (χ0) is 15.2. The third kappa shape index (κ3) is 4.41. The van der Waals surface area contributed by atoms with E-state index in [0.717, 1.165) is 25.9 Å². The molecule has 0 aromatic heterocycles. The molecule has 0 saturated heterocycles. The third-order valence-corrected chi connectivity index (χ3v) is 4.02. The predicted octanol–water partition coefficient (Wildman–Crippen LogP) is 1.09. The first kappa shape index (κ1) is 15.7. The first-order valence-corrected chi connectivity index (χ1v) is 7.45. The molecular weight excluding hydrogens is 264 g/mol. The molecule has 114 valence electrons. The van der Waals surface area contributed by atoms with Crippen LogP contribution in [0.15, 0.2) is 36.9 Å². The van der Waals surface area contributed by atoms with Crippen molar-refractivity contribution in [2.45, 2.75) is 18.9 Å². The van der Waals surface area contributed by atoms with Crippen LogP contribution in [0.3, 0.4) is 0 Å². The Morgan fingerprint density at radius 2 is 1.95 bits per heavy atom. The number of amides is 1. The Morgan fingerprint density at radius 1 is 1.38 bits per heavy atom. The minimum atomic E-state index is -0.528. The van der Waals surface area contributed by atoms with Crippen molar-refractivity contribution in [1.29, 1.82) is 0 Å². The maximum atomic E-state index is 11.4. The highest BCUT2D eigenvalue weighted by atomic mass is 16.3. The summed E-state index contributed by atoms with van der Waals surface area (Å²) in [4.78, 5) is 15.2. The van der Waals surface area contributed by atoms with Gasteiger partial charge in [0.1, 0.15) is 0 Å². The van der Waals surface area contributed by atoms with Crippen LogP contribution in [-0.4, -0.2) is 60.1 Å². The van der Waals surface area contributed by atoms with Crippen molar-refractivity contribution in [2.75, 3.05) is 33.2 Å². The normalized spacial score (nSPS) is 16.7. The lowest BCUT2D eigenvalue weighted by Crippen LogP contribution is -2.41. The van der Waals surface area contributed by atoms with Gasteiger partial charge in [0.05, 0.1) is 6.10 Å². The summed E-state index contributed by atoms with van der Waals surface area (Å²) in [7, 11) is 1.69. The van der Waals surface area contributed by atoms with Crippen molar-refractivity contribution in [3.05, 3.63) is 48.0 Å². The molecule has 0 spiro atoms. The predicted molar refractivity (Wildman–Crippen MR) is 84.1 cm³/mol. The lowest BCUT2D eigenvalue weighted by Gasteiger charge is -2.26. The number of benzene rings is 1. The van der Waals surface area contributed by atoms with E-state index in [1.54, 1.807) is 7.05 Å². The van der Waals surface area contributed by atoms with Gasteiger partial charge in [-0.1, -0.05) is 30.8 Å². The molecule has 0 aliphatic carbocycles. The second-order valence-corrected chi connectivity index (χ2v) is 5.65. The van der Waals surface area contributed by atoms with Crippen molar-refractivity contribution in [2.24, 2.45) is 0 Å². The Hall–Kier alpha value is -1.65. The molecule has 1 aliphatic heterocycles. The molecule has 2 rings (SSSR count). The van der Waals surface area contributed by atoms with Crippen LogP contribution in [0.5, 0.6) is 0 Å². The van der Waals surface area contributed by atoms with E-state index >= 15 is 0 Å². The average Bonchev–Trinajstić information content (AvgIpc) is 2.69. The van der Waals surface area contributed by atoms with Crippen molar-refractivity contribution >= 4 is 5.91 Å². The number of likely N-dealkylation sites (N-methyl/N-ethyl adjacent to an activating group) is 1. The van der Waals surface area contributed by atoms with Crippen LogP contribution in [0.2, 0.25) is 0 Å². The van der Waals surface area contributed by atoms with Gasteiger partial charge in [-0.3, -0.25) is 4.79 Å². The number of fused-ring (bicyclic) bond motifs is 1. The lowest BCUT2D eigenvalue weighted by molar-refractivity contribution is -0.126. The van der Waals surface area contributed by atoms with E-state index in [1.807, 2.05) is 0 Å². The molecule has 1 atom stereocenters. The number of carbonyl (C=O) groups excluding carboxylic acids is 1. The summed E-state index contributed by atoms with van der Waals surface area (Å²) < 4.78 is 0. The second kappa shape index (κ2) is 7.38. The fourth-order valence-corrected chi connectivity index (χ4v) is 2.81. The zero-order valence-corrected chi connectivity index (χ0v) is 12.7. The first-order valence-electron chi connectivity index (χ1n) is 7.45. The molecule has 4 heteroatoms. The van der Waals surface area contributed by atoms with Crippen LogP contribution in [0.25, 0.3) is 0 Å². The second-order valence-electron chi connectivity index (χ2n) is 5.65. The number of hydrogen-bond acceptors (Lipinski definition) is 3. The van der Waals surface area contributed by atoms with Crippen molar-refractivity contribution in [3.63, 3.8) is 0 Å². The fraction of sp³-hybridized carbons (Fsp3) is 0.471. The molecule has 1 heterocycles. The Labute approximate surface area is 126 Å². The largest absolute Gasteiger partial charge is 0.390 e. The minimum absolute atomic E-state index is 0.155. The SMILES string of the molecule is C=CC(=O)N(C)C[C@H](O)CN1CCc2ccccc2CC1. The lowest BCUT2D eigenvalue weighted by atomic mass is 10.0. The van der Waals surface area contributed by atoms with E-state index in [1.165, 1.54) is 22.1 Å². The molecular formula is C17H24N2O2. The smallest absolute Gasteiger partial charge is 0.245 e. The minimum Gasteiger partial charge on any atom is -0.390 e. The maximum absolute atomic E-state index is 11.4. The fourth-order valence-electron chi connectivity index (χ4n) is 2.81. The topological polar surface area (TPSA) is 43.8 Å². The molecule has 0 saturated carbocycles. The summed E-state index contributed by atoms with van der Waals surface area (Å²) in [6, 6.07) is 8.54. The zero-order valence-electron chi connectivity index (χ0n) is 12.7. The molecule has 1 aliphatic rings. The van der Waals surface area contributed by atoms with E-state index < -0.39 is 6.10 Å². The van der Waals surface area contributed by atoms with Crippen LogP contribution >= 0.6 is 0 Å². The van der Waals surface area contributed by atoms with E-state index in [9.17, 15) is 9.90 Å². The molecule has 4 nitrogen and oxygen atoms in total. The molecule has 1 amide bonds. The Balaban J connectivity index is 1.84. The molecule has 0 radical (unpaired) electrons. The highest BCUT2D eigenvalue weighted by molar-refractivity contribution is 5.86. The number of rotatable bonds is 5. The van der Waals surface area contributed by atoms with Gasteiger partial charge in [0, 0.05) is 33.2 Å². The maximum Gasteiger partial charge on any atom is 0.245 e. The van der Waals surface area contributed by atoms with Crippen molar-refractivity contribution in [1.82, 2.24) is 9.80 Å². The van der Waals surface area contributed by atoms with Gasteiger partial charge in [-0.2, -0.15) is 0 Å². The van der Waals surface area contributed by atoms with Gasteiger partial charge in [-0.15, -0.1) is 0 Å². The van der Waals surface area contributed by atoms with Crippen LogP contribution in [0.1, 0.15) is 11.1 Å². The number of nitrogens with zero attached hydrogens (tertiary/aromatic N) is 2. The van der Waals surface area contributed by atoms with Crippen LogP contribution in [0, 0.1) is 0 Å². The van der Waals surface area contributed by atoms with Crippen molar-refractivity contribution in [3.8, 4) is 0 Å². The average molecular weight is 288 g/mol. The molecule has 0 bridgehead atoms. The molecule has 1 aromatic carbocycles. The van der Waals surface area contributed by atoms with Gasteiger partial charge >= 0.3 is 0 Å². The van der Waals surface area contributed by atoms with Gasteiger partial charge in [-0.05, 0) is 30.0 Å². The monoisotopic (exact) mass is 288 g/mol. The van der Waals surface area contributed by atoms with E-state index in [0.29, 0.717) is 13.1 Å². The van der Waals surface area contributed by atoms with Gasteiger partial charge in [0.15, 0.2) is 0 Å². The number of aliphatic hydroxyl groups is 1. The highest BCUT2D eigenvalue weighted by Gasteiger charge is 2.18. The summed E-state index contributed by atoms with van der Waals surface area (Å²) in [5, 5.41) is 10.2. The standard InChI is InChI=1S/C17H24N2O2/c1-3-17(21)18(2)12-16(20)13-19-10-8-14-6-4-5-7-15(14)9-11-19/h3-7,16,20H,1,8-13H2,2H3/t16-/m0/s1. The van der Waals surface area contributed by atoms with Gasteiger partial charge in [-0.25, -0.2) is 0 Å². The van der Waals surface area contributed by atoms with E-state index in [2.05, 4.69) is 35.7 Å². The third-order valence-electron chi connectivity index (χ3n) is 4.02. The Morgan fingerprint density at radius 3 is 2.48 bits per heavy atom. The quantitative estimate of drug-likeness (QED) is 0.825. The van der Waals surface area contributed by atoms with Gasteiger partial charge in [0.2, 0.25) is 5.91 Å². The number of carbonyl (C=O) groups is 1. The van der Waals surface area contributed by atoms with Crippen LogP contribution in [0.4, 0.5) is 0 Å². The van der Waals surface area contributed by atoms with Gasteiger partial charge in [0.25, 0.3) is 0 Å². The Bertz CT molecular complexity index is 474. The molecule has 21 heavy (non-hydrogen) atoms. The first-order chi connectivity index (χ1) is 10.1. The van der Waals surface area contributed by atoms with E-state index in [-0.39, 0.29) is 5.91 Å². The van der Waals surface area contributed by atoms with Crippen LogP contribution in [-0.2, 0) is 17.6 Å². The van der Waals surface area contributed by atoms with Gasteiger partial charge < -0.3 is 14.9 Å². The Kier molecular flexibility index (Phi) is 5.53. The number of aliphatic hydroxyl groups excluding tert-OH is 1. The summed E-state index contributed by atoms with van der Waals surface area (Å²) in [6.07, 6.45) is 2.78.